The summed E-state index contributed by atoms with van der Waals surface area (Å²) in [6.07, 6.45) is 2.75. The Morgan fingerprint density at radius 2 is 2.22 bits per heavy atom. The molecule has 1 aromatic heterocycles. The molecule has 2 amide bonds. The van der Waals surface area contributed by atoms with Crippen LogP contribution in [0.4, 0.5) is 5.82 Å². The van der Waals surface area contributed by atoms with Gasteiger partial charge in [-0.1, -0.05) is 0 Å². The van der Waals surface area contributed by atoms with E-state index in [1.165, 1.54) is 0 Å². The summed E-state index contributed by atoms with van der Waals surface area (Å²) in [6.45, 7) is 2.54. The number of nitrogens with two attached hydrogens (primary N) is 1. The maximum absolute atomic E-state index is 11.3. The topological polar surface area (TPSA) is 97.1 Å². The van der Waals surface area contributed by atoms with Crippen LogP contribution in [0, 0.1) is 6.92 Å². The lowest BCUT2D eigenvalue weighted by Gasteiger charge is -2.06. The summed E-state index contributed by atoms with van der Waals surface area (Å²) >= 11 is 0. The van der Waals surface area contributed by atoms with E-state index in [0.29, 0.717) is 19.4 Å². The summed E-state index contributed by atoms with van der Waals surface area (Å²) in [4.78, 5) is 25.8. The molecule has 1 aromatic rings. The molecule has 6 nitrogen and oxygen atoms in total. The fourth-order valence-corrected chi connectivity index (χ4v) is 1.37. The standard InChI is InChI=1S/C12H18N4O2/c1-9-4-6-15-11(7-9)14-5-2-3-12(18)16-8-10(13)17/h4,6-7H,2-3,5,8H2,1H3,(H2,13,17)(H,14,15)(H,16,18). The number of amides is 2. The minimum atomic E-state index is -0.537. The summed E-state index contributed by atoms with van der Waals surface area (Å²) < 4.78 is 0. The SMILES string of the molecule is Cc1ccnc(NCCCC(=O)NCC(N)=O)c1. The number of nitrogens with one attached hydrogen (secondary N) is 2. The first-order valence-corrected chi connectivity index (χ1v) is 5.79. The number of aromatic nitrogens is 1. The Morgan fingerprint density at radius 1 is 1.44 bits per heavy atom. The van der Waals surface area contributed by atoms with Crippen molar-refractivity contribution >= 4 is 17.6 Å². The van der Waals surface area contributed by atoms with Crippen LogP contribution in [0.1, 0.15) is 18.4 Å². The van der Waals surface area contributed by atoms with Crippen LogP contribution >= 0.6 is 0 Å². The van der Waals surface area contributed by atoms with Crippen molar-refractivity contribution in [3.05, 3.63) is 23.9 Å². The quantitative estimate of drug-likeness (QED) is 0.601. The zero-order valence-corrected chi connectivity index (χ0v) is 10.4. The number of nitrogens with zero attached hydrogens (tertiary/aromatic N) is 1. The number of primary amides is 1. The predicted molar refractivity (Wildman–Crippen MR) is 68.9 cm³/mol. The van der Waals surface area contributed by atoms with Crippen LogP contribution in [0.25, 0.3) is 0 Å². The second-order valence-corrected chi connectivity index (χ2v) is 3.99. The minimum absolute atomic E-state index is 0.105. The molecule has 0 aliphatic rings. The number of pyridine rings is 1. The van der Waals surface area contributed by atoms with E-state index < -0.39 is 5.91 Å². The van der Waals surface area contributed by atoms with Gasteiger partial charge in [0.25, 0.3) is 0 Å². The molecule has 18 heavy (non-hydrogen) atoms. The highest BCUT2D eigenvalue weighted by Gasteiger charge is 2.02. The summed E-state index contributed by atoms with van der Waals surface area (Å²) in [5.74, 6) is 0.0887. The van der Waals surface area contributed by atoms with Crippen molar-refractivity contribution in [2.24, 2.45) is 5.73 Å². The largest absolute Gasteiger partial charge is 0.370 e. The number of carbonyl (C=O) groups excluding carboxylic acids is 2. The molecule has 1 heterocycles. The average molecular weight is 250 g/mol. The van der Waals surface area contributed by atoms with E-state index >= 15 is 0 Å². The van der Waals surface area contributed by atoms with Gasteiger partial charge in [0.15, 0.2) is 0 Å². The molecule has 0 saturated heterocycles. The molecule has 0 saturated carbocycles. The van der Waals surface area contributed by atoms with Gasteiger partial charge in [-0.3, -0.25) is 9.59 Å². The molecule has 0 aliphatic heterocycles. The zero-order chi connectivity index (χ0) is 13.4. The second kappa shape index (κ2) is 7.26. The first kappa shape index (κ1) is 14.0. The Hall–Kier alpha value is -2.11. The van der Waals surface area contributed by atoms with Gasteiger partial charge in [0.05, 0.1) is 6.54 Å². The average Bonchev–Trinajstić information content (AvgIpc) is 2.32. The van der Waals surface area contributed by atoms with Crippen LogP contribution in [-0.2, 0) is 9.59 Å². The maximum atomic E-state index is 11.3. The molecular formula is C12H18N4O2. The maximum Gasteiger partial charge on any atom is 0.236 e. The smallest absolute Gasteiger partial charge is 0.236 e. The number of anilines is 1. The molecule has 0 spiro atoms. The van der Waals surface area contributed by atoms with Crippen molar-refractivity contribution in [1.82, 2.24) is 10.3 Å². The van der Waals surface area contributed by atoms with Gasteiger partial charge >= 0.3 is 0 Å². The molecular weight excluding hydrogens is 232 g/mol. The highest BCUT2D eigenvalue weighted by Crippen LogP contribution is 2.05. The van der Waals surface area contributed by atoms with Crippen molar-refractivity contribution in [3.63, 3.8) is 0 Å². The lowest BCUT2D eigenvalue weighted by atomic mass is 10.2. The number of rotatable bonds is 7. The number of hydrogen-bond acceptors (Lipinski definition) is 4. The van der Waals surface area contributed by atoms with Crippen molar-refractivity contribution in [2.75, 3.05) is 18.4 Å². The van der Waals surface area contributed by atoms with Gasteiger partial charge in [-0.2, -0.15) is 0 Å². The van der Waals surface area contributed by atoms with Gasteiger partial charge in [-0.05, 0) is 31.0 Å². The van der Waals surface area contributed by atoms with E-state index in [9.17, 15) is 9.59 Å². The second-order valence-electron chi connectivity index (χ2n) is 3.99. The molecule has 6 heteroatoms. The first-order chi connectivity index (χ1) is 8.58. The molecule has 0 aliphatic carbocycles. The van der Waals surface area contributed by atoms with Crippen molar-refractivity contribution in [3.8, 4) is 0 Å². The summed E-state index contributed by atoms with van der Waals surface area (Å²) in [7, 11) is 0. The van der Waals surface area contributed by atoms with E-state index in [2.05, 4.69) is 15.6 Å². The minimum Gasteiger partial charge on any atom is -0.370 e. The van der Waals surface area contributed by atoms with E-state index in [4.69, 9.17) is 5.73 Å². The lowest BCUT2D eigenvalue weighted by Crippen LogP contribution is -2.33. The van der Waals surface area contributed by atoms with Gasteiger partial charge in [0.2, 0.25) is 11.8 Å². The van der Waals surface area contributed by atoms with Gasteiger partial charge in [0, 0.05) is 19.2 Å². The summed E-state index contributed by atoms with van der Waals surface area (Å²) in [6, 6.07) is 3.86. The molecule has 1 rings (SSSR count). The van der Waals surface area contributed by atoms with Gasteiger partial charge in [0.1, 0.15) is 5.82 Å². The van der Waals surface area contributed by atoms with Crippen molar-refractivity contribution < 1.29 is 9.59 Å². The third kappa shape index (κ3) is 5.83. The Morgan fingerprint density at radius 3 is 2.89 bits per heavy atom. The highest BCUT2D eigenvalue weighted by atomic mass is 16.2. The van der Waals surface area contributed by atoms with E-state index in [-0.39, 0.29) is 12.5 Å². The van der Waals surface area contributed by atoms with Crippen molar-refractivity contribution in [1.29, 1.82) is 0 Å². The van der Waals surface area contributed by atoms with Crippen LogP contribution in [0.15, 0.2) is 18.3 Å². The molecule has 0 unspecified atom stereocenters. The van der Waals surface area contributed by atoms with Crippen molar-refractivity contribution in [2.45, 2.75) is 19.8 Å². The van der Waals surface area contributed by atoms with E-state index in [1.807, 2.05) is 19.1 Å². The molecule has 0 aromatic carbocycles. The zero-order valence-electron chi connectivity index (χ0n) is 10.4. The monoisotopic (exact) mass is 250 g/mol. The number of hydrogen-bond donors (Lipinski definition) is 3. The van der Waals surface area contributed by atoms with Gasteiger partial charge < -0.3 is 16.4 Å². The number of aryl methyl sites for hydroxylation is 1. The molecule has 0 radical (unpaired) electrons. The lowest BCUT2D eigenvalue weighted by molar-refractivity contribution is -0.124. The van der Waals surface area contributed by atoms with Crippen LogP contribution in [0.2, 0.25) is 0 Å². The summed E-state index contributed by atoms with van der Waals surface area (Å²) in [5.41, 5.74) is 6.04. The number of carbonyl (C=O) groups is 2. The molecule has 0 atom stereocenters. The molecule has 0 bridgehead atoms. The Bertz CT molecular complexity index is 420. The van der Waals surface area contributed by atoms with Gasteiger partial charge in [-0.15, -0.1) is 0 Å². The molecule has 4 N–H and O–H groups in total. The summed E-state index contributed by atoms with van der Waals surface area (Å²) in [5, 5.41) is 5.56. The molecule has 0 fully saturated rings. The first-order valence-electron chi connectivity index (χ1n) is 5.79. The van der Waals surface area contributed by atoms with Crippen LogP contribution in [0.3, 0.4) is 0 Å². The third-order valence-electron chi connectivity index (χ3n) is 2.26. The Balaban J connectivity index is 2.15. The fraction of sp³-hybridized carbons (Fsp3) is 0.417. The Labute approximate surface area is 106 Å². The van der Waals surface area contributed by atoms with Crippen LogP contribution < -0.4 is 16.4 Å². The fourth-order valence-electron chi connectivity index (χ4n) is 1.37. The highest BCUT2D eigenvalue weighted by molar-refractivity contribution is 5.83. The van der Waals surface area contributed by atoms with Gasteiger partial charge in [-0.25, -0.2) is 4.98 Å². The third-order valence-corrected chi connectivity index (χ3v) is 2.26. The normalized spacial score (nSPS) is 9.83. The van der Waals surface area contributed by atoms with Crippen LogP contribution in [-0.4, -0.2) is 29.9 Å². The van der Waals surface area contributed by atoms with E-state index in [0.717, 1.165) is 11.4 Å². The molecule has 98 valence electrons. The Kier molecular flexibility index (Phi) is 5.63. The van der Waals surface area contributed by atoms with E-state index in [1.54, 1.807) is 6.20 Å². The van der Waals surface area contributed by atoms with Crippen LogP contribution in [0.5, 0.6) is 0 Å². The predicted octanol–water partition coefficient (Wildman–Crippen LogP) is 0.184.